The number of fused-ring (bicyclic) bond motifs is 4. The number of halogens is 1. The van der Waals surface area contributed by atoms with Crippen LogP contribution in [0.5, 0.6) is 11.5 Å². The SMILES string of the molecule is COc1ccc2[nH]c3c(c2c1F)CC1(C)C(=O)N(CCNC2CCC2)C(=O)N1C3c1cccc(O)c1. The molecule has 1 aromatic heterocycles. The number of aromatic nitrogens is 1. The van der Waals surface area contributed by atoms with Gasteiger partial charge in [0.2, 0.25) is 0 Å². The predicted molar refractivity (Wildman–Crippen MR) is 131 cm³/mol. The number of ether oxygens (including phenoxy) is 1. The van der Waals surface area contributed by atoms with E-state index in [1.165, 1.54) is 18.4 Å². The molecule has 1 saturated carbocycles. The number of phenols is 1. The molecule has 3 N–H and O–H groups in total. The van der Waals surface area contributed by atoms with E-state index in [9.17, 15) is 14.7 Å². The van der Waals surface area contributed by atoms with Gasteiger partial charge in [-0.3, -0.25) is 14.6 Å². The van der Waals surface area contributed by atoms with Gasteiger partial charge in [0.1, 0.15) is 17.3 Å². The molecule has 188 valence electrons. The quantitative estimate of drug-likeness (QED) is 0.455. The van der Waals surface area contributed by atoms with Gasteiger partial charge in [-0.25, -0.2) is 9.18 Å². The fourth-order valence-corrected chi connectivity index (χ4v) is 5.94. The van der Waals surface area contributed by atoms with Crippen molar-refractivity contribution in [1.82, 2.24) is 20.1 Å². The molecular formula is C27H29FN4O4. The van der Waals surface area contributed by atoms with Crippen LogP contribution in [-0.2, 0) is 11.2 Å². The number of amides is 3. The molecular weight excluding hydrogens is 463 g/mol. The molecule has 3 heterocycles. The Morgan fingerprint density at radius 1 is 1.25 bits per heavy atom. The van der Waals surface area contributed by atoms with Crippen molar-refractivity contribution in [1.29, 1.82) is 0 Å². The molecule has 9 heteroatoms. The summed E-state index contributed by atoms with van der Waals surface area (Å²) in [5, 5.41) is 14.0. The highest BCUT2D eigenvalue weighted by atomic mass is 19.1. The average Bonchev–Trinajstić information content (AvgIpc) is 3.27. The normalized spacial score (nSPS) is 23.7. The Hall–Kier alpha value is -3.59. The van der Waals surface area contributed by atoms with Crippen molar-refractivity contribution in [3.8, 4) is 11.5 Å². The lowest BCUT2D eigenvalue weighted by Crippen LogP contribution is -2.53. The third kappa shape index (κ3) is 3.22. The molecule has 3 aromatic rings. The molecule has 2 aliphatic heterocycles. The molecule has 8 nitrogen and oxygen atoms in total. The van der Waals surface area contributed by atoms with Crippen LogP contribution in [0.4, 0.5) is 9.18 Å². The predicted octanol–water partition coefficient (Wildman–Crippen LogP) is 3.83. The van der Waals surface area contributed by atoms with Crippen LogP contribution >= 0.6 is 0 Å². The van der Waals surface area contributed by atoms with Gasteiger partial charge in [0.25, 0.3) is 5.91 Å². The average molecular weight is 493 g/mol. The van der Waals surface area contributed by atoms with Gasteiger partial charge in [0.15, 0.2) is 11.6 Å². The zero-order valence-corrected chi connectivity index (χ0v) is 20.3. The molecule has 36 heavy (non-hydrogen) atoms. The molecule has 0 spiro atoms. The summed E-state index contributed by atoms with van der Waals surface area (Å²) in [7, 11) is 1.41. The number of imide groups is 1. The van der Waals surface area contributed by atoms with Gasteiger partial charge in [-0.15, -0.1) is 0 Å². The van der Waals surface area contributed by atoms with Crippen LogP contribution in [0.15, 0.2) is 36.4 Å². The van der Waals surface area contributed by atoms with Gasteiger partial charge in [-0.1, -0.05) is 18.6 Å². The summed E-state index contributed by atoms with van der Waals surface area (Å²) in [6.07, 6.45) is 3.59. The highest BCUT2D eigenvalue weighted by Gasteiger charge is 2.60. The van der Waals surface area contributed by atoms with Crippen molar-refractivity contribution in [3.05, 3.63) is 59.0 Å². The van der Waals surface area contributed by atoms with Crippen LogP contribution in [0.2, 0.25) is 0 Å². The number of carbonyl (C=O) groups is 2. The number of urea groups is 1. The lowest BCUT2D eigenvalue weighted by molar-refractivity contribution is -0.133. The van der Waals surface area contributed by atoms with Crippen molar-refractivity contribution in [2.45, 2.75) is 50.2 Å². The van der Waals surface area contributed by atoms with E-state index in [4.69, 9.17) is 4.74 Å². The molecule has 3 aliphatic rings. The number of aromatic amines is 1. The fraction of sp³-hybridized carbons (Fsp3) is 0.407. The van der Waals surface area contributed by atoms with Gasteiger partial charge >= 0.3 is 6.03 Å². The van der Waals surface area contributed by atoms with Gasteiger partial charge in [0.05, 0.1) is 7.11 Å². The number of benzene rings is 2. The smallest absolute Gasteiger partial charge is 0.328 e. The number of phenolic OH excluding ortho intramolecular Hbond substituents is 1. The second-order valence-corrected chi connectivity index (χ2v) is 10.2. The Labute approximate surface area is 208 Å². The van der Waals surface area contributed by atoms with Gasteiger partial charge in [-0.2, -0.15) is 0 Å². The third-order valence-corrected chi connectivity index (χ3v) is 8.01. The number of nitrogens with one attached hydrogen (secondary N) is 2. The maximum Gasteiger partial charge on any atom is 0.328 e. The lowest BCUT2D eigenvalue weighted by Gasteiger charge is -2.42. The zero-order valence-electron chi connectivity index (χ0n) is 20.3. The van der Waals surface area contributed by atoms with E-state index in [1.807, 2.05) is 0 Å². The molecule has 1 aliphatic carbocycles. The van der Waals surface area contributed by atoms with Gasteiger partial charge in [-0.05, 0) is 55.2 Å². The second kappa shape index (κ2) is 8.23. The number of methoxy groups -OCH3 is 1. The number of nitrogens with zero attached hydrogens (tertiary/aromatic N) is 2. The van der Waals surface area contributed by atoms with E-state index < -0.39 is 17.4 Å². The number of H-pyrrole nitrogens is 1. The molecule has 2 aromatic carbocycles. The van der Waals surface area contributed by atoms with Crippen molar-refractivity contribution < 1.29 is 23.8 Å². The van der Waals surface area contributed by atoms with Crippen LogP contribution < -0.4 is 10.1 Å². The van der Waals surface area contributed by atoms with Gasteiger partial charge < -0.3 is 20.1 Å². The Kier molecular flexibility index (Phi) is 5.22. The third-order valence-electron chi connectivity index (χ3n) is 8.01. The Bertz CT molecular complexity index is 1380. The first-order valence-corrected chi connectivity index (χ1v) is 12.4. The van der Waals surface area contributed by atoms with Crippen LogP contribution in [0.1, 0.15) is 49.0 Å². The molecule has 6 rings (SSSR count). The first-order chi connectivity index (χ1) is 17.3. The van der Waals surface area contributed by atoms with Crippen molar-refractivity contribution >= 4 is 22.8 Å². The number of hydrogen-bond acceptors (Lipinski definition) is 5. The van der Waals surface area contributed by atoms with Gasteiger partial charge in [0, 0.05) is 42.1 Å². The minimum absolute atomic E-state index is 0.0461. The molecule has 2 unspecified atom stereocenters. The van der Waals surface area contributed by atoms with Crippen molar-refractivity contribution in [2.75, 3.05) is 20.2 Å². The second-order valence-electron chi connectivity index (χ2n) is 10.2. The summed E-state index contributed by atoms with van der Waals surface area (Å²) in [5.41, 5.74) is 1.27. The lowest BCUT2D eigenvalue weighted by atomic mass is 9.81. The first kappa shape index (κ1) is 22.8. The van der Waals surface area contributed by atoms with E-state index in [-0.39, 0.29) is 36.4 Å². The van der Waals surface area contributed by atoms with Crippen molar-refractivity contribution in [2.24, 2.45) is 0 Å². The maximum absolute atomic E-state index is 15.5. The minimum atomic E-state index is -1.21. The molecule has 2 fully saturated rings. The maximum atomic E-state index is 15.5. The molecule has 2 atom stereocenters. The highest BCUT2D eigenvalue weighted by Crippen LogP contribution is 2.49. The summed E-state index contributed by atoms with van der Waals surface area (Å²) < 4.78 is 20.7. The standard InChI is InChI=1S/C27H29FN4O4/c1-27-14-18-21-19(9-10-20(36-2)22(21)28)30-23(18)24(15-5-3-8-17(33)13-15)32(27)26(35)31(25(27)34)12-11-29-16-6-4-7-16/h3,5,8-10,13,16,24,29-30,33H,4,6-7,11-12,14H2,1-2H3. The number of carbonyl (C=O) groups excluding carboxylic acids is 2. The highest BCUT2D eigenvalue weighted by molar-refractivity contribution is 6.08. The Morgan fingerprint density at radius 2 is 2.06 bits per heavy atom. The summed E-state index contributed by atoms with van der Waals surface area (Å²) in [5.74, 6) is -0.637. The molecule has 0 bridgehead atoms. The Balaban J connectivity index is 1.48. The van der Waals surface area contributed by atoms with Crippen LogP contribution in [0, 0.1) is 5.82 Å². The Morgan fingerprint density at radius 3 is 2.75 bits per heavy atom. The summed E-state index contributed by atoms with van der Waals surface area (Å²) in [6.45, 7) is 2.55. The zero-order chi connectivity index (χ0) is 25.2. The molecule has 1 saturated heterocycles. The van der Waals surface area contributed by atoms with Crippen LogP contribution in [-0.4, -0.2) is 63.6 Å². The largest absolute Gasteiger partial charge is 0.508 e. The van der Waals surface area contributed by atoms with E-state index >= 15 is 4.39 Å². The minimum Gasteiger partial charge on any atom is -0.508 e. The van der Waals surface area contributed by atoms with E-state index in [0.717, 1.165) is 12.8 Å². The topological polar surface area (TPSA) is 97.9 Å². The molecule has 0 radical (unpaired) electrons. The van der Waals surface area contributed by atoms with Crippen LogP contribution in [0.3, 0.4) is 0 Å². The number of aromatic hydroxyl groups is 1. The number of rotatable bonds is 6. The molecule has 3 amide bonds. The van der Waals surface area contributed by atoms with Crippen LogP contribution in [0.25, 0.3) is 10.9 Å². The van der Waals surface area contributed by atoms with E-state index in [2.05, 4.69) is 10.3 Å². The summed E-state index contributed by atoms with van der Waals surface area (Å²) in [6, 6.07) is 9.30. The monoisotopic (exact) mass is 492 g/mol. The first-order valence-electron chi connectivity index (χ1n) is 12.4. The fourth-order valence-electron chi connectivity index (χ4n) is 5.94. The van der Waals surface area contributed by atoms with Crippen molar-refractivity contribution in [3.63, 3.8) is 0 Å². The summed E-state index contributed by atoms with van der Waals surface area (Å²) in [4.78, 5) is 33.8. The number of hydrogen-bond donors (Lipinski definition) is 3. The van der Waals surface area contributed by atoms with E-state index in [0.29, 0.717) is 40.3 Å². The summed E-state index contributed by atoms with van der Waals surface area (Å²) >= 11 is 0. The van der Waals surface area contributed by atoms with E-state index in [1.54, 1.807) is 48.2 Å².